The van der Waals surface area contributed by atoms with Crippen molar-refractivity contribution in [3.63, 3.8) is 0 Å². The third kappa shape index (κ3) is 3.76. The Balaban J connectivity index is 0.00000288. The minimum Gasteiger partial charge on any atom is -0.491 e. The molecule has 0 spiro atoms. The summed E-state index contributed by atoms with van der Waals surface area (Å²) in [6, 6.07) is 0. The molecule has 0 saturated carbocycles. The minimum atomic E-state index is -1.57. The lowest BCUT2D eigenvalue weighted by Gasteiger charge is -2.10. The van der Waals surface area contributed by atoms with E-state index in [4.69, 9.17) is 5.73 Å². The number of methoxy groups -OCH3 is 1. The van der Waals surface area contributed by atoms with Gasteiger partial charge in [-0.15, -0.1) is 22.6 Å². The molecule has 134 valence electrons. The molecule has 0 radical (unpaired) electrons. The van der Waals surface area contributed by atoms with Crippen molar-refractivity contribution in [2.45, 2.75) is 17.3 Å². The van der Waals surface area contributed by atoms with Gasteiger partial charge in [-0.3, -0.25) is 0 Å². The minimum absolute atomic E-state index is 0. The number of benzene rings is 1. The van der Waals surface area contributed by atoms with Crippen LogP contribution in [-0.4, -0.2) is 28.4 Å². The van der Waals surface area contributed by atoms with Crippen molar-refractivity contribution < 1.29 is 22.3 Å². The number of thioether (sulfide) groups is 1. The SMILES string of the molecule is COc1c(F)c(F)c(CSc2nnc(CCN)n2C)c(F)c1F.Cl. The van der Waals surface area contributed by atoms with Gasteiger partial charge in [-0.05, 0) is 6.54 Å². The molecule has 0 saturated heterocycles. The van der Waals surface area contributed by atoms with Crippen LogP contribution in [0.15, 0.2) is 5.16 Å². The zero-order valence-corrected chi connectivity index (χ0v) is 14.4. The van der Waals surface area contributed by atoms with Crippen molar-refractivity contribution >= 4 is 24.2 Å². The zero-order valence-electron chi connectivity index (χ0n) is 12.8. The average Bonchev–Trinajstić information content (AvgIpc) is 2.87. The van der Waals surface area contributed by atoms with Crippen molar-refractivity contribution in [3.05, 3.63) is 34.7 Å². The van der Waals surface area contributed by atoms with Crippen LogP contribution in [-0.2, 0) is 19.2 Å². The third-order valence-corrected chi connectivity index (χ3v) is 4.20. The summed E-state index contributed by atoms with van der Waals surface area (Å²) >= 11 is 0.900. The molecule has 11 heteroatoms. The predicted octanol–water partition coefficient (Wildman–Crippen LogP) is 2.60. The van der Waals surface area contributed by atoms with Gasteiger partial charge in [0.1, 0.15) is 5.82 Å². The molecule has 0 aliphatic carbocycles. The standard InChI is InChI=1S/C13H14F4N4OS.ClH/c1-21-7(3-4-18)19-20-13(21)23-5-6-8(14)10(16)12(22-2)11(17)9(6)15;/h3-5,18H2,1-2H3;1H. The summed E-state index contributed by atoms with van der Waals surface area (Å²) in [6.07, 6.45) is 0.485. The van der Waals surface area contributed by atoms with Gasteiger partial charge in [0, 0.05) is 24.8 Å². The Morgan fingerprint density at radius 2 is 1.67 bits per heavy atom. The maximum Gasteiger partial charge on any atom is 0.204 e. The number of aromatic nitrogens is 3. The van der Waals surface area contributed by atoms with E-state index in [1.54, 1.807) is 11.6 Å². The Labute approximate surface area is 146 Å². The number of nitrogens with two attached hydrogens (primary N) is 1. The summed E-state index contributed by atoms with van der Waals surface area (Å²) in [6.45, 7) is 0.370. The van der Waals surface area contributed by atoms with Crippen LogP contribution in [0, 0.1) is 23.3 Å². The largest absolute Gasteiger partial charge is 0.491 e. The lowest BCUT2D eigenvalue weighted by Crippen LogP contribution is -2.08. The van der Waals surface area contributed by atoms with Crippen LogP contribution in [0.2, 0.25) is 0 Å². The van der Waals surface area contributed by atoms with Crippen LogP contribution in [0.25, 0.3) is 0 Å². The molecule has 1 aromatic heterocycles. The molecule has 0 fully saturated rings. The molecule has 0 bridgehead atoms. The van der Waals surface area contributed by atoms with E-state index in [0.29, 0.717) is 23.9 Å². The van der Waals surface area contributed by atoms with Crippen molar-refractivity contribution in [1.82, 2.24) is 14.8 Å². The smallest absolute Gasteiger partial charge is 0.204 e. The summed E-state index contributed by atoms with van der Waals surface area (Å²) < 4.78 is 61.0. The van der Waals surface area contributed by atoms with E-state index in [9.17, 15) is 17.6 Å². The molecule has 2 aromatic rings. The number of hydrogen-bond donors (Lipinski definition) is 1. The van der Waals surface area contributed by atoms with Crippen LogP contribution in [0.1, 0.15) is 11.4 Å². The van der Waals surface area contributed by atoms with E-state index in [2.05, 4.69) is 14.9 Å². The average molecular weight is 387 g/mol. The highest BCUT2D eigenvalue weighted by atomic mass is 35.5. The molecule has 2 rings (SSSR count). The second-order valence-electron chi connectivity index (χ2n) is 4.55. The number of rotatable bonds is 6. The fourth-order valence-electron chi connectivity index (χ4n) is 1.92. The van der Waals surface area contributed by atoms with Crippen LogP contribution in [0.3, 0.4) is 0 Å². The topological polar surface area (TPSA) is 66.0 Å². The fraction of sp³-hybridized carbons (Fsp3) is 0.385. The highest BCUT2D eigenvalue weighted by molar-refractivity contribution is 7.98. The fourth-order valence-corrected chi connectivity index (χ4v) is 2.84. The quantitative estimate of drug-likeness (QED) is 0.469. The Morgan fingerprint density at radius 3 is 2.17 bits per heavy atom. The van der Waals surface area contributed by atoms with E-state index < -0.39 is 34.6 Å². The Morgan fingerprint density at radius 1 is 1.08 bits per heavy atom. The van der Waals surface area contributed by atoms with Crippen molar-refractivity contribution in [2.24, 2.45) is 12.8 Å². The predicted molar refractivity (Wildman–Crippen MR) is 83.4 cm³/mol. The van der Waals surface area contributed by atoms with Gasteiger partial charge in [0.15, 0.2) is 22.5 Å². The number of halogens is 5. The second-order valence-corrected chi connectivity index (χ2v) is 5.50. The Kier molecular flexibility index (Phi) is 7.30. The van der Waals surface area contributed by atoms with E-state index in [-0.39, 0.29) is 18.2 Å². The van der Waals surface area contributed by atoms with Gasteiger partial charge in [0.25, 0.3) is 0 Å². The summed E-state index contributed by atoms with van der Waals surface area (Å²) in [5, 5.41) is 8.08. The normalized spacial score (nSPS) is 10.6. The molecular formula is C13H15ClF4N4OS. The number of nitrogens with zero attached hydrogens (tertiary/aromatic N) is 3. The number of hydrogen-bond acceptors (Lipinski definition) is 5. The second kappa shape index (κ2) is 8.54. The molecule has 0 amide bonds. The molecule has 24 heavy (non-hydrogen) atoms. The van der Waals surface area contributed by atoms with Gasteiger partial charge in [-0.1, -0.05) is 11.8 Å². The van der Waals surface area contributed by atoms with Gasteiger partial charge in [-0.25, -0.2) is 8.78 Å². The summed E-state index contributed by atoms with van der Waals surface area (Å²) in [4.78, 5) is 0. The summed E-state index contributed by atoms with van der Waals surface area (Å²) in [5.41, 5.74) is 4.69. The Bertz CT molecular complexity index is 699. The summed E-state index contributed by atoms with van der Waals surface area (Å²) in [5.74, 6) is -6.95. The van der Waals surface area contributed by atoms with Crippen LogP contribution >= 0.6 is 24.2 Å². The maximum atomic E-state index is 13.9. The molecular weight excluding hydrogens is 372 g/mol. The highest BCUT2D eigenvalue weighted by Gasteiger charge is 2.26. The van der Waals surface area contributed by atoms with Crippen LogP contribution in [0.4, 0.5) is 17.6 Å². The molecule has 1 aromatic carbocycles. The van der Waals surface area contributed by atoms with E-state index in [1.165, 1.54) is 0 Å². The van der Waals surface area contributed by atoms with E-state index in [0.717, 1.165) is 18.9 Å². The van der Waals surface area contributed by atoms with Crippen LogP contribution in [0.5, 0.6) is 5.75 Å². The summed E-state index contributed by atoms with van der Waals surface area (Å²) in [7, 11) is 2.59. The lowest BCUT2D eigenvalue weighted by molar-refractivity contribution is 0.330. The zero-order chi connectivity index (χ0) is 17.1. The van der Waals surface area contributed by atoms with Gasteiger partial charge in [0.05, 0.1) is 7.11 Å². The maximum absolute atomic E-state index is 13.9. The van der Waals surface area contributed by atoms with Crippen molar-refractivity contribution in [1.29, 1.82) is 0 Å². The first kappa shape index (κ1) is 20.5. The van der Waals surface area contributed by atoms with Crippen molar-refractivity contribution in [3.8, 4) is 5.75 Å². The third-order valence-electron chi connectivity index (χ3n) is 3.16. The van der Waals surface area contributed by atoms with Gasteiger partial charge in [0.2, 0.25) is 11.6 Å². The lowest BCUT2D eigenvalue weighted by atomic mass is 10.2. The molecule has 0 unspecified atom stereocenters. The first-order valence-corrected chi connectivity index (χ1v) is 7.50. The number of ether oxygens (including phenoxy) is 1. The highest BCUT2D eigenvalue weighted by Crippen LogP contribution is 2.33. The molecule has 1 heterocycles. The molecule has 5 nitrogen and oxygen atoms in total. The molecule has 0 aliphatic rings. The van der Waals surface area contributed by atoms with Gasteiger partial charge >= 0.3 is 0 Å². The monoisotopic (exact) mass is 386 g/mol. The van der Waals surface area contributed by atoms with E-state index in [1.807, 2.05) is 0 Å². The molecule has 0 atom stereocenters. The first-order chi connectivity index (χ1) is 10.9. The van der Waals surface area contributed by atoms with Gasteiger partial charge in [-0.2, -0.15) is 8.78 Å². The Hall–Kier alpha value is -1.52. The first-order valence-electron chi connectivity index (χ1n) is 6.52. The molecule has 2 N–H and O–H groups in total. The van der Waals surface area contributed by atoms with Crippen molar-refractivity contribution in [2.75, 3.05) is 13.7 Å². The van der Waals surface area contributed by atoms with Crippen LogP contribution < -0.4 is 10.5 Å². The van der Waals surface area contributed by atoms with E-state index >= 15 is 0 Å². The van der Waals surface area contributed by atoms with Gasteiger partial charge < -0.3 is 15.0 Å². The molecule has 0 aliphatic heterocycles.